The van der Waals surface area contributed by atoms with Crippen molar-refractivity contribution in [3.8, 4) is 11.3 Å². The molecular formula is C20H21N7S. The smallest absolute Gasteiger partial charge is 0.181 e. The van der Waals surface area contributed by atoms with Gasteiger partial charge in [-0.2, -0.15) is 5.10 Å². The molecule has 0 saturated carbocycles. The van der Waals surface area contributed by atoms with Crippen molar-refractivity contribution in [2.75, 3.05) is 18.4 Å². The van der Waals surface area contributed by atoms with Gasteiger partial charge in [0.05, 0.1) is 28.8 Å². The second-order valence-corrected chi connectivity index (χ2v) is 8.23. The first-order valence-electron chi connectivity index (χ1n) is 9.28. The molecule has 4 aromatic heterocycles. The maximum atomic E-state index is 4.92. The van der Waals surface area contributed by atoms with E-state index in [1.807, 2.05) is 25.6 Å². The molecule has 0 spiro atoms. The van der Waals surface area contributed by atoms with Crippen molar-refractivity contribution in [1.29, 1.82) is 0 Å². The van der Waals surface area contributed by atoms with Crippen molar-refractivity contribution >= 4 is 33.4 Å². The second kappa shape index (κ2) is 6.88. The monoisotopic (exact) mass is 391 g/mol. The van der Waals surface area contributed by atoms with Gasteiger partial charge in [0.25, 0.3) is 0 Å². The van der Waals surface area contributed by atoms with E-state index in [0.29, 0.717) is 0 Å². The van der Waals surface area contributed by atoms with Crippen LogP contribution in [0.25, 0.3) is 22.5 Å². The Kier molecular flexibility index (Phi) is 4.22. The zero-order valence-electron chi connectivity index (χ0n) is 15.8. The topological polar surface area (TPSA) is 72.1 Å². The maximum absolute atomic E-state index is 4.92. The first-order chi connectivity index (χ1) is 13.7. The van der Waals surface area contributed by atoms with E-state index in [2.05, 4.69) is 56.4 Å². The Morgan fingerprint density at radius 1 is 1.21 bits per heavy atom. The average molecular weight is 392 g/mol. The lowest BCUT2D eigenvalue weighted by molar-refractivity contribution is 0.737. The first-order valence-corrected chi connectivity index (χ1v) is 10.1. The van der Waals surface area contributed by atoms with E-state index in [1.165, 1.54) is 10.5 Å². The van der Waals surface area contributed by atoms with Gasteiger partial charge < -0.3 is 10.6 Å². The van der Waals surface area contributed by atoms with E-state index in [1.54, 1.807) is 16.0 Å². The van der Waals surface area contributed by atoms with Crippen molar-refractivity contribution < 1.29 is 0 Å². The van der Waals surface area contributed by atoms with E-state index >= 15 is 0 Å². The molecule has 5 heterocycles. The third kappa shape index (κ3) is 3.10. The van der Waals surface area contributed by atoms with Crippen LogP contribution < -0.4 is 10.6 Å². The van der Waals surface area contributed by atoms with Crippen LogP contribution in [0.15, 0.2) is 43.0 Å². The number of fused-ring (bicyclic) bond motifs is 1. The largest absolute Gasteiger partial charge is 0.329 e. The number of aryl methyl sites for hydroxylation is 2. The summed E-state index contributed by atoms with van der Waals surface area (Å²) < 4.78 is 3.91. The van der Waals surface area contributed by atoms with Gasteiger partial charge in [-0.1, -0.05) is 6.08 Å². The third-order valence-corrected chi connectivity index (χ3v) is 5.75. The van der Waals surface area contributed by atoms with Crippen LogP contribution in [0.1, 0.15) is 17.0 Å². The summed E-state index contributed by atoms with van der Waals surface area (Å²) in [5, 5.41) is 12.3. The molecule has 142 valence electrons. The Morgan fingerprint density at radius 3 is 2.86 bits per heavy atom. The molecule has 0 atom stereocenters. The van der Waals surface area contributed by atoms with Crippen molar-refractivity contribution in [1.82, 2.24) is 29.5 Å². The molecule has 8 heteroatoms. The fourth-order valence-corrected chi connectivity index (χ4v) is 4.22. The summed E-state index contributed by atoms with van der Waals surface area (Å²) in [6.45, 7) is 3.94. The standard InChI is InChI=1S/C20H21N7S/c1-13-5-6-18(28-13)25-19-20-22-10-17(15-9-23-26(2)11-15)27(20)12-16(24-19)14-4-3-7-21-8-14/h4-6,9-12,21H,3,7-8H2,1-2H3,(H,24,25). The Labute approximate surface area is 166 Å². The van der Waals surface area contributed by atoms with Gasteiger partial charge in [-0.05, 0) is 37.6 Å². The summed E-state index contributed by atoms with van der Waals surface area (Å²) >= 11 is 1.71. The van der Waals surface area contributed by atoms with Crippen LogP contribution in [0.4, 0.5) is 10.8 Å². The van der Waals surface area contributed by atoms with Gasteiger partial charge in [-0.15, -0.1) is 11.3 Å². The summed E-state index contributed by atoms with van der Waals surface area (Å²) in [4.78, 5) is 10.8. The molecular weight excluding hydrogens is 370 g/mol. The van der Waals surface area contributed by atoms with Gasteiger partial charge in [-0.3, -0.25) is 9.08 Å². The number of imidazole rings is 1. The van der Waals surface area contributed by atoms with Gasteiger partial charge in [0.2, 0.25) is 0 Å². The lowest BCUT2D eigenvalue weighted by atomic mass is 10.1. The molecule has 0 aromatic carbocycles. The Morgan fingerprint density at radius 2 is 2.14 bits per heavy atom. The van der Waals surface area contributed by atoms with Crippen LogP contribution in [0.5, 0.6) is 0 Å². The molecule has 0 aliphatic carbocycles. The van der Waals surface area contributed by atoms with Crippen LogP contribution in [-0.2, 0) is 7.05 Å². The number of aromatic nitrogens is 5. The fraction of sp³-hybridized carbons (Fsp3) is 0.250. The summed E-state index contributed by atoms with van der Waals surface area (Å²) in [5.74, 6) is 0.765. The predicted octanol–water partition coefficient (Wildman–Crippen LogP) is 3.62. The molecule has 0 amide bonds. The molecule has 28 heavy (non-hydrogen) atoms. The fourth-order valence-electron chi connectivity index (χ4n) is 3.45. The van der Waals surface area contributed by atoms with E-state index in [9.17, 15) is 0 Å². The molecule has 1 aliphatic heterocycles. The molecule has 5 rings (SSSR count). The normalized spacial score (nSPS) is 14.4. The van der Waals surface area contributed by atoms with Crippen LogP contribution in [0.3, 0.4) is 0 Å². The number of thiophene rings is 1. The van der Waals surface area contributed by atoms with E-state index < -0.39 is 0 Å². The quantitative estimate of drug-likeness (QED) is 0.556. The maximum Gasteiger partial charge on any atom is 0.181 e. The summed E-state index contributed by atoms with van der Waals surface area (Å²) in [7, 11) is 1.92. The van der Waals surface area contributed by atoms with Gasteiger partial charge in [0.1, 0.15) is 0 Å². The van der Waals surface area contributed by atoms with E-state index in [4.69, 9.17) is 4.98 Å². The van der Waals surface area contributed by atoms with Crippen molar-refractivity contribution in [3.05, 3.63) is 53.6 Å². The summed E-state index contributed by atoms with van der Waals surface area (Å²) in [6.07, 6.45) is 11.1. The average Bonchev–Trinajstić information content (AvgIpc) is 3.42. The van der Waals surface area contributed by atoms with Crippen LogP contribution in [0.2, 0.25) is 0 Å². The number of anilines is 2. The highest BCUT2D eigenvalue weighted by Gasteiger charge is 2.17. The molecule has 0 radical (unpaired) electrons. The van der Waals surface area contributed by atoms with Gasteiger partial charge in [0, 0.05) is 36.4 Å². The van der Waals surface area contributed by atoms with Crippen LogP contribution in [-0.4, -0.2) is 37.2 Å². The third-order valence-electron chi connectivity index (χ3n) is 4.83. The minimum atomic E-state index is 0.765. The lowest BCUT2D eigenvalue weighted by Crippen LogP contribution is -2.22. The van der Waals surface area contributed by atoms with Crippen LogP contribution in [0, 0.1) is 6.92 Å². The van der Waals surface area contributed by atoms with E-state index in [-0.39, 0.29) is 0 Å². The highest BCUT2D eigenvalue weighted by Crippen LogP contribution is 2.30. The summed E-state index contributed by atoms with van der Waals surface area (Å²) in [5.41, 5.74) is 5.00. The Bertz CT molecular complexity index is 1180. The molecule has 0 saturated heterocycles. The van der Waals surface area contributed by atoms with Gasteiger partial charge >= 0.3 is 0 Å². The second-order valence-electron chi connectivity index (χ2n) is 6.94. The zero-order chi connectivity index (χ0) is 19.1. The Balaban J connectivity index is 1.68. The molecule has 0 bridgehead atoms. The van der Waals surface area contributed by atoms with Crippen molar-refractivity contribution in [2.24, 2.45) is 7.05 Å². The SMILES string of the molecule is Cc1ccc(Nc2nc(C3=CCCNC3)cn3c(-c4cnn(C)c4)cnc23)s1. The zero-order valence-corrected chi connectivity index (χ0v) is 16.6. The van der Waals surface area contributed by atoms with Crippen LogP contribution >= 0.6 is 11.3 Å². The van der Waals surface area contributed by atoms with E-state index in [0.717, 1.165) is 52.9 Å². The molecule has 0 unspecified atom stereocenters. The highest BCUT2D eigenvalue weighted by molar-refractivity contribution is 7.16. The van der Waals surface area contributed by atoms with Crippen molar-refractivity contribution in [3.63, 3.8) is 0 Å². The number of nitrogens with one attached hydrogen (secondary N) is 2. The first kappa shape index (κ1) is 17.2. The molecule has 4 aromatic rings. The number of hydrogen-bond donors (Lipinski definition) is 2. The molecule has 2 N–H and O–H groups in total. The number of rotatable bonds is 4. The van der Waals surface area contributed by atoms with Gasteiger partial charge in [0.15, 0.2) is 11.5 Å². The number of hydrogen-bond acceptors (Lipinski definition) is 6. The lowest BCUT2D eigenvalue weighted by Gasteiger charge is -2.16. The minimum absolute atomic E-state index is 0.765. The number of nitrogens with zero attached hydrogens (tertiary/aromatic N) is 5. The molecule has 1 aliphatic rings. The Hall–Kier alpha value is -2.97. The molecule has 0 fully saturated rings. The predicted molar refractivity (Wildman–Crippen MR) is 113 cm³/mol. The minimum Gasteiger partial charge on any atom is -0.329 e. The highest BCUT2D eigenvalue weighted by atomic mass is 32.1. The van der Waals surface area contributed by atoms with Crippen molar-refractivity contribution in [2.45, 2.75) is 13.3 Å². The molecule has 7 nitrogen and oxygen atoms in total. The summed E-state index contributed by atoms with van der Waals surface area (Å²) in [6, 6.07) is 4.19. The van der Waals surface area contributed by atoms with Gasteiger partial charge in [-0.25, -0.2) is 9.97 Å².